The molecule has 12 aromatic rings. The fourth-order valence-corrected chi connectivity index (χ4v) is 11.0. The summed E-state index contributed by atoms with van der Waals surface area (Å²) in [5.74, 6) is 0. The van der Waals surface area contributed by atoms with E-state index in [4.69, 9.17) is 0 Å². The number of benzene rings is 10. The average molecular weight is 826 g/mol. The Hall–Kier alpha value is -8.71. The predicted molar refractivity (Wildman–Crippen MR) is 268 cm³/mol. The van der Waals surface area contributed by atoms with E-state index >= 15 is 0 Å². The number of rotatable bonds is 6. The van der Waals surface area contributed by atoms with Crippen molar-refractivity contribution in [3.63, 3.8) is 0 Å². The van der Waals surface area contributed by atoms with E-state index in [9.17, 15) is 5.26 Å². The number of nitrogens with zero attached hydrogens (tertiary/aromatic N) is 3. The van der Waals surface area contributed by atoms with E-state index in [0.717, 1.165) is 33.5 Å². The van der Waals surface area contributed by atoms with Crippen molar-refractivity contribution in [1.82, 2.24) is 9.13 Å². The Morgan fingerprint density at radius 1 is 0.323 bits per heavy atom. The fraction of sp³-hybridized carbons (Fsp3) is 0.0161. The molecule has 0 bridgehead atoms. The van der Waals surface area contributed by atoms with E-state index in [2.05, 4.69) is 228 Å². The van der Waals surface area contributed by atoms with E-state index in [1.165, 1.54) is 77.1 Å². The molecule has 2 aromatic heterocycles. The van der Waals surface area contributed by atoms with Gasteiger partial charge in [-0.15, -0.1) is 0 Å². The lowest BCUT2D eigenvalue weighted by molar-refractivity contribution is 0.768. The number of fused-ring (bicyclic) bond motifs is 9. The highest BCUT2D eigenvalue weighted by atomic mass is 15.0. The van der Waals surface area contributed by atoms with Crippen molar-refractivity contribution < 1.29 is 0 Å². The van der Waals surface area contributed by atoms with Crippen LogP contribution in [0.25, 0.3) is 88.4 Å². The SMILES string of the molecule is N#Cc1ccc(-c2cccc(-n3c4ccccc4c4cc(-c5ccc6c(c5)c5ccccc5n6-c5ccc6c(c5)-c5ccccc5C6(c5ccccc5)c5ccccc5)ccc43)c2)cc1. The summed E-state index contributed by atoms with van der Waals surface area (Å²) in [5, 5.41) is 14.2. The molecule has 1 aliphatic rings. The van der Waals surface area contributed by atoms with Gasteiger partial charge in [-0.1, -0.05) is 164 Å². The molecule has 0 saturated carbocycles. The third-order valence-corrected chi connectivity index (χ3v) is 13.8. The summed E-state index contributed by atoms with van der Waals surface area (Å²) >= 11 is 0. The fourth-order valence-electron chi connectivity index (χ4n) is 11.0. The Balaban J connectivity index is 0.949. The van der Waals surface area contributed by atoms with Crippen LogP contribution >= 0.6 is 0 Å². The Bertz CT molecular complexity index is 3840. The second kappa shape index (κ2) is 14.4. The molecule has 302 valence electrons. The Morgan fingerprint density at radius 2 is 0.815 bits per heavy atom. The molecule has 1 aliphatic carbocycles. The zero-order valence-corrected chi connectivity index (χ0v) is 35.4. The number of nitriles is 1. The largest absolute Gasteiger partial charge is 0.309 e. The van der Waals surface area contributed by atoms with E-state index in [0.29, 0.717) is 5.56 Å². The Morgan fingerprint density at radius 3 is 1.43 bits per heavy atom. The van der Waals surface area contributed by atoms with Gasteiger partial charge in [0.15, 0.2) is 0 Å². The van der Waals surface area contributed by atoms with Crippen LogP contribution in [0.4, 0.5) is 0 Å². The van der Waals surface area contributed by atoms with Crippen molar-refractivity contribution in [2.75, 3.05) is 0 Å². The maximum absolute atomic E-state index is 9.36. The molecule has 0 unspecified atom stereocenters. The quantitative estimate of drug-likeness (QED) is 0.164. The summed E-state index contributed by atoms with van der Waals surface area (Å²) in [6.07, 6.45) is 0. The highest BCUT2D eigenvalue weighted by molar-refractivity contribution is 6.13. The van der Waals surface area contributed by atoms with Gasteiger partial charge in [0.1, 0.15) is 0 Å². The van der Waals surface area contributed by atoms with Crippen molar-refractivity contribution in [3.05, 3.63) is 264 Å². The summed E-state index contributed by atoms with van der Waals surface area (Å²) in [5.41, 5.74) is 19.4. The minimum atomic E-state index is -0.438. The molecule has 2 heterocycles. The molecular formula is C62H39N3. The molecule has 13 rings (SSSR count). The normalized spacial score (nSPS) is 12.7. The van der Waals surface area contributed by atoms with Gasteiger partial charge in [0.25, 0.3) is 0 Å². The van der Waals surface area contributed by atoms with Gasteiger partial charge in [-0.05, 0) is 128 Å². The van der Waals surface area contributed by atoms with Crippen LogP contribution in [-0.2, 0) is 5.41 Å². The number of aromatic nitrogens is 2. The lowest BCUT2D eigenvalue weighted by atomic mass is 9.68. The lowest BCUT2D eigenvalue weighted by Gasteiger charge is -2.33. The van der Waals surface area contributed by atoms with Crippen molar-refractivity contribution >= 4 is 43.6 Å². The molecule has 0 saturated heterocycles. The topological polar surface area (TPSA) is 33.6 Å². The van der Waals surface area contributed by atoms with Crippen LogP contribution in [0.5, 0.6) is 0 Å². The van der Waals surface area contributed by atoms with Gasteiger partial charge in [0.05, 0.1) is 39.1 Å². The molecule has 0 amide bonds. The van der Waals surface area contributed by atoms with Crippen molar-refractivity contribution in [3.8, 4) is 50.8 Å². The van der Waals surface area contributed by atoms with Gasteiger partial charge in [-0.2, -0.15) is 5.26 Å². The van der Waals surface area contributed by atoms with Crippen molar-refractivity contribution in [2.24, 2.45) is 0 Å². The van der Waals surface area contributed by atoms with E-state index in [1.54, 1.807) is 0 Å². The molecule has 10 aromatic carbocycles. The van der Waals surface area contributed by atoms with Crippen LogP contribution in [-0.4, -0.2) is 9.13 Å². The second-order valence-electron chi connectivity index (χ2n) is 17.2. The minimum Gasteiger partial charge on any atom is -0.309 e. The van der Waals surface area contributed by atoms with Crippen LogP contribution in [0.15, 0.2) is 237 Å². The molecule has 3 heteroatoms. The summed E-state index contributed by atoms with van der Waals surface area (Å²) in [6, 6.07) is 88.3. The second-order valence-corrected chi connectivity index (χ2v) is 17.2. The Labute approximate surface area is 377 Å². The van der Waals surface area contributed by atoms with Crippen LogP contribution in [0.2, 0.25) is 0 Å². The van der Waals surface area contributed by atoms with Gasteiger partial charge >= 0.3 is 0 Å². The zero-order chi connectivity index (χ0) is 43.1. The standard InChI is InChI=1S/C62H39N3/c63-40-41-26-28-42(29-27-41)43-14-13-19-48(36-43)64-58-24-11-8-21-51(58)54-37-44(30-34-60(54)64)45-31-35-61-55(38-45)52-22-9-12-25-59(52)65(61)49-32-33-57-53(39-49)50-20-7-10-23-56(50)62(57,46-15-3-1-4-16-46)47-17-5-2-6-18-47/h1-39H. The molecule has 3 nitrogen and oxygen atoms in total. The van der Waals surface area contributed by atoms with Crippen LogP contribution in [0.1, 0.15) is 27.8 Å². The summed E-state index contributed by atoms with van der Waals surface area (Å²) in [6.45, 7) is 0. The maximum atomic E-state index is 9.36. The predicted octanol–water partition coefficient (Wildman–Crippen LogP) is 15.4. The first kappa shape index (κ1) is 36.9. The molecule has 0 radical (unpaired) electrons. The van der Waals surface area contributed by atoms with E-state index in [1.807, 2.05) is 24.3 Å². The first-order valence-electron chi connectivity index (χ1n) is 22.2. The summed E-state index contributed by atoms with van der Waals surface area (Å²) in [7, 11) is 0. The minimum absolute atomic E-state index is 0.438. The molecule has 0 aliphatic heterocycles. The van der Waals surface area contributed by atoms with Gasteiger partial charge in [0, 0.05) is 32.9 Å². The Kier molecular flexibility index (Phi) is 8.19. The van der Waals surface area contributed by atoms with Gasteiger partial charge in [-0.3, -0.25) is 0 Å². The zero-order valence-electron chi connectivity index (χ0n) is 35.4. The van der Waals surface area contributed by atoms with Gasteiger partial charge < -0.3 is 9.13 Å². The molecule has 0 atom stereocenters. The average Bonchev–Trinajstić information content (AvgIpc) is 4.00. The third kappa shape index (κ3) is 5.48. The van der Waals surface area contributed by atoms with Crippen LogP contribution < -0.4 is 0 Å². The number of para-hydroxylation sites is 2. The van der Waals surface area contributed by atoms with Crippen molar-refractivity contribution in [2.45, 2.75) is 5.41 Å². The summed E-state index contributed by atoms with van der Waals surface area (Å²) in [4.78, 5) is 0. The summed E-state index contributed by atoms with van der Waals surface area (Å²) < 4.78 is 4.82. The highest BCUT2D eigenvalue weighted by Gasteiger charge is 2.46. The smallest absolute Gasteiger partial charge is 0.0991 e. The third-order valence-electron chi connectivity index (χ3n) is 13.8. The monoisotopic (exact) mass is 825 g/mol. The lowest BCUT2D eigenvalue weighted by Crippen LogP contribution is -2.28. The molecule has 0 N–H and O–H groups in total. The van der Waals surface area contributed by atoms with Crippen LogP contribution in [0, 0.1) is 11.3 Å². The van der Waals surface area contributed by atoms with E-state index in [-0.39, 0.29) is 0 Å². The maximum Gasteiger partial charge on any atom is 0.0991 e. The molecule has 65 heavy (non-hydrogen) atoms. The first-order valence-corrected chi connectivity index (χ1v) is 22.2. The highest BCUT2D eigenvalue weighted by Crippen LogP contribution is 2.56. The molecular weight excluding hydrogens is 787 g/mol. The van der Waals surface area contributed by atoms with Crippen molar-refractivity contribution in [1.29, 1.82) is 5.26 Å². The van der Waals surface area contributed by atoms with Crippen LogP contribution in [0.3, 0.4) is 0 Å². The number of hydrogen-bond acceptors (Lipinski definition) is 1. The van der Waals surface area contributed by atoms with Gasteiger partial charge in [-0.25, -0.2) is 0 Å². The number of hydrogen-bond donors (Lipinski definition) is 0. The molecule has 0 spiro atoms. The van der Waals surface area contributed by atoms with Gasteiger partial charge in [0.2, 0.25) is 0 Å². The molecule has 0 fully saturated rings. The van der Waals surface area contributed by atoms with E-state index < -0.39 is 5.41 Å². The first-order chi connectivity index (χ1) is 32.2.